The monoisotopic (exact) mass is 283 g/mol. The molecule has 0 aromatic carbocycles. The summed E-state index contributed by atoms with van der Waals surface area (Å²) in [5.74, 6) is 0.769. The van der Waals surface area contributed by atoms with Gasteiger partial charge < -0.3 is 5.32 Å². The van der Waals surface area contributed by atoms with Crippen molar-refractivity contribution in [2.45, 2.75) is 98.8 Å². The van der Waals surface area contributed by atoms with E-state index in [1.54, 1.807) is 0 Å². The van der Waals surface area contributed by atoms with Gasteiger partial charge in [-0.1, -0.05) is 86.0 Å². The summed E-state index contributed by atoms with van der Waals surface area (Å²) in [5.41, 5.74) is 0.520. The second kappa shape index (κ2) is 12.7. The highest BCUT2D eigenvalue weighted by Crippen LogP contribution is 2.27. The first-order valence-corrected chi connectivity index (χ1v) is 9.18. The summed E-state index contributed by atoms with van der Waals surface area (Å²) in [5, 5.41) is 3.57. The van der Waals surface area contributed by atoms with Gasteiger partial charge in [0, 0.05) is 0 Å². The molecular formula is C19H41N. The molecule has 0 aliphatic rings. The van der Waals surface area contributed by atoms with Crippen LogP contribution < -0.4 is 5.32 Å². The Balaban J connectivity index is 3.38. The lowest BCUT2D eigenvalue weighted by molar-refractivity contribution is 0.287. The molecule has 0 amide bonds. The van der Waals surface area contributed by atoms with Crippen LogP contribution in [0.3, 0.4) is 0 Å². The first-order chi connectivity index (χ1) is 9.48. The zero-order chi connectivity index (χ0) is 15.3. The smallest absolute Gasteiger partial charge is 0.00258 e. The van der Waals surface area contributed by atoms with Crippen molar-refractivity contribution in [2.24, 2.45) is 11.3 Å². The Morgan fingerprint density at radius 1 is 0.800 bits per heavy atom. The maximum atomic E-state index is 3.57. The molecule has 0 aliphatic carbocycles. The molecule has 0 spiro atoms. The maximum absolute atomic E-state index is 3.57. The predicted molar refractivity (Wildman–Crippen MR) is 93.3 cm³/mol. The summed E-state index contributed by atoms with van der Waals surface area (Å²) in [6.07, 6.45) is 14.2. The van der Waals surface area contributed by atoms with Crippen LogP contribution >= 0.6 is 0 Å². The van der Waals surface area contributed by atoms with Gasteiger partial charge in [0.2, 0.25) is 0 Å². The van der Waals surface area contributed by atoms with Crippen LogP contribution in [0, 0.1) is 11.3 Å². The van der Waals surface area contributed by atoms with E-state index in [1.165, 1.54) is 70.8 Å². The maximum Gasteiger partial charge on any atom is -0.00258 e. The number of nitrogens with one attached hydrogen (secondary N) is 1. The zero-order valence-corrected chi connectivity index (χ0v) is 15.1. The lowest BCUT2D eigenvalue weighted by Crippen LogP contribution is -2.25. The molecule has 20 heavy (non-hydrogen) atoms. The molecule has 0 fully saturated rings. The number of unbranched alkanes of at least 4 members (excludes halogenated alkanes) is 7. The molecule has 0 rings (SSSR count). The molecular weight excluding hydrogens is 242 g/mol. The largest absolute Gasteiger partial charge is 0.316 e. The molecule has 122 valence electrons. The van der Waals surface area contributed by atoms with Crippen molar-refractivity contribution in [3.8, 4) is 0 Å². The summed E-state index contributed by atoms with van der Waals surface area (Å²) in [4.78, 5) is 0. The van der Waals surface area contributed by atoms with Crippen LogP contribution in [-0.4, -0.2) is 13.1 Å². The second-order valence-corrected chi connectivity index (χ2v) is 7.74. The molecule has 0 unspecified atom stereocenters. The van der Waals surface area contributed by atoms with Gasteiger partial charge in [0.25, 0.3) is 0 Å². The summed E-state index contributed by atoms with van der Waals surface area (Å²) in [7, 11) is 0. The third kappa shape index (κ3) is 14.4. The van der Waals surface area contributed by atoms with Crippen LogP contribution in [0.4, 0.5) is 0 Å². The van der Waals surface area contributed by atoms with Crippen molar-refractivity contribution in [1.82, 2.24) is 5.32 Å². The van der Waals surface area contributed by atoms with Gasteiger partial charge in [0.15, 0.2) is 0 Å². The lowest BCUT2D eigenvalue weighted by Gasteiger charge is -2.25. The third-order valence-corrected chi connectivity index (χ3v) is 4.24. The average Bonchev–Trinajstić information content (AvgIpc) is 2.38. The Bertz CT molecular complexity index is 196. The van der Waals surface area contributed by atoms with E-state index in [4.69, 9.17) is 0 Å². The molecule has 0 radical (unpaired) electrons. The normalized spacial score (nSPS) is 12.3. The van der Waals surface area contributed by atoms with Crippen molar-refractivity contribution in [2.75, 3.05) is 13.1 Å². The molecule has 0 atom stereocenters. The quantitative estimate of drug-likeness (QED) is 0.375. The van der Waals surface area contributed by atoms with E-state index in [0.717, 1.165) is 12.5 Å². The first-order valence-electron chi connectivity index (χ1n) is 9.18. The zero-order valence-electron chi connectivity index (χ0n) is 15.1. The lowest BCUT2D eigenvalue weighted by atomic mass is 9.83. The van der Waals surface area contributed by atoms with E-state index < -0.39 is 0 Å². The molecule has 0 aromatic rings. The standard InChI is InChI=1S/C19H41N/c1-6-7-8-9-10-11-12-13-14-19(4,5)15-16-20-17-18(2)3/h18,20H,6-17H2,1-5H3. The van der Waals surface area contributed by atoms with Gasteiger partial charge in [0.1, 0.15) is 0 Å². The highest BCUT2D eigenvalue weighted by Gasteiger charge is 2.16. The summed E-state index contributed by atoms with van der Waals surface area (Å²) >= 11 is 0. The van der Waals surface area contributed by atoms with Gasteiger partial charge in [-0.15, -0.1) is 0 Å². The van der Waals surface area contributed by atoms with Crippen LogP contribution in [-0.2, 0) is 0 Å². The van der Waals surface area contributed by atoms with Gasteiger partial charge in [-0.05, 0) is 37.3 Å². The molecule has 0 heterocycles. The van der Waals surface area contributed by atoms with E-state index in [9.17, 15) is 0 Å². The molecule has 1 nitrogen and oxygen atoms in total. The van der Waals surface area contributed by atoms with E-state index in [0.29, 0.717) is 5.41 Å². The Morgan fingerprint density at radius 3 is 1.90 bits per heavy atom. The fourth-order valence-corrected chi connectivity index (χ4v) is 2.68. The van der Waals surface area contributed by atoms with Crippen molar-refractivity contribution in [3.63, 3.8) is 0 Å². The van der Waals surface area contributed by atoms with Gasteiger partial charge in [-0.2, -0.15) is 0 Å². The minimum atomic E-state index is 0.520. The topological polar surface area (TPSA) is 12.0 Å². The second-order valence-electron chi connectivity index (χ2n) is 7.74. The van der Waals surface area contributed by atoms with Crippen LogP contribution in [0.25, 0.3) is 0 Å². The van der Waals surface area contributed by atoms with Crippen molar-refractivity contribution >= 4 is 0 Å². The Hall–Kier alpha value is -0.0400. The van der Waals surface area contributed by atoms with Crippen molar-refractivity contribution in [3.05, 3.63) is 0 Å². The molecule has 1 heteroatoms. The average molecular weight is 284 g/mol. The molecule has 0 aromatic heterocycles. The highest BCUT2D eigenvalue weighted by molar-refractivity contribution is 4.70. The van der Waals surface area contributed by atoms with Gasteiger partial charge in [-0.3, -0.25) is 0 Å². The van der Waals surface area contributed by atoms with Gasteiger partial charge >= 0.3 is 0 Å². The predicted octanol–water partition coefficient (Wildman–Crippen LogP) is 6.18. The van der Waals surface area contributed by atoms with Crippen molar-refractivity contribution < 1.29 is 0 Å². The molecule has 0 saturated heterocycles. The summed E-state index contributed by atoms with van der Waals surface area (Å²) in [6.45, 7) is 14.1. The SMILES string of the molecule is CCCCCCCCCCC(C)(C)CCNCC(C)C. The molecule has 0 saturated carbocycles. The van der Waals surface area contributed by atoms with E-state index in [1.807, 2.05) is 0 Å². The minimum Gasteiger partial charge on any atom is -0.316 e. The third-order valence-electron chi connectivity index (χ3n) is 4.24. The molecule has 0 bridgehead atoms. The number of rotatable bonds is 14. The highest BCUT2D eigenvalue weighted by atomic mass is 14.8. The Labute approximate surface area is 129 Å². The van der Waals surface area contributed by atoms with Gasteiger partial charge in [-0.25, -0.2) is 0 Å². The Morgan fingerprint density at radius 2 is 1.35 bits per heavy atom. The van der Waals surface area contributed by atoms with Crippen LogP contribution in [0.5, 0.6) is 0 Å². The van der Waals surface area contributed by atoms with E-state index in [2.05, 4.69) is 39.9 Å². The van der Waals surface area contributed by atoms with E-state index in [-0.39, 0.29) is 0 Å². The fraction of sp³-hybridized carbons (Fsp3) is 1.00. The molecule has 0 aliphatic heterocycles. The fourth-order valence-electron chi connectivity index (χ4n) is 2.68. The minimum absolute atomic E-state index is 0.520. The summed E-state index contributed by atoms with van der Waals surface area (Å²) < 4.78 is 0. The first kappa shape index (κ1) is 20.0. The Kier molecular flexibility index (Phi) is 12.7. The number of hydrogen-bond donors (Lipinski definition) is 1. The van der Waals surface area contributed by atoms with Crippen LogP contribution in [0.1, 0.15) is 98.8 Å². The summed E-state index contributed by atoms with van der Waals surface area (Å²) in [6, 6.07) is 0. The molecule has 1 N–H and O–H groups in total. The van der Waals surface area contributed by atoms with Crippen LogP contribution in [0.2, 0.25) is 0 Å². The van der Waals surface area contributed by atoms with Crippen LogP contribution in [0.15, 0.2) is 0 Å². The van der Waals surface area contributed by atoms with Gasteiger partial charge in [0.05, 0.1) is 0 Å². The van der Waals surface area contributed by atoms with Crippen molar-refractivity contribution in [1.29, 1.82) is 0 Å². The number of hydrogen-bond acceptors (Lipinski definition) is 1. The van der Waals surface area contributed by atoms with E-state index >= 15 is 0 Å².